The lowest BCUT2D eigenvalue weighted by Gasteiger charge is -2.39. The van der Waals surface area contributed by atoms with E-state index in [9.17, 15) is 9.59 Å². The highest BCUT2D eigenvalue weighted by atomic mass is 16.6. The Kier molecular flexibility index (Phi) is 16.0. The van der Waals surface area contributed by atoms with Crippen LogP contribution in [0.4, 0.5) is 0 Å². The number of esters is 1. The number of ether oxygens (including phenoxy) is 7. The number of hydrogen-bond donors (Lipinski definition) is 0. The van der Waals surface area contributed by atoms with E-state index >= 15 is 0 Å². The van der Waals surface area contributed by atoms with Gasteiger partial charge in [0.15, 0.2) is 11.5 Å². The number of nitrogens with zero attached hydrogens (tertiary/aromatic N) is 1. The zero-order chi connectivity index (χ0) is 35.7. The van der Waals surface area contributed by atoms with Crippen LogP contribution in [0.1, 0.15) is 74.8 Å². The second-order valence-electron chi connectivity index (χ2n) is 12.8. The van der Waals surface area contributed by atoms with Gasteiger partial charge in [-0.05, 0) is 73.4 Å². The molecule has 2 aliphatic rings. The van der Waals surface area contributed by atoms with Gasteiger partial charge in [-0.2, -0.15) is 0 Å². The molecule has 2 aromatic carbocycles. The van der Waals surface area contributed by atoms with Crippen LogP contribution in [0.5, 0.6) is 23.0 Å². The van der Waals surface area contributed by atoms with Crippen molar-refractivity contribution in [2.24, 2.45) is 5.92 Å². The molecule has 0 N–H and O–H groups in total. The second-order valence-corrected chi connectivity index (χ2v) is 12.8. The monoisotopic (exact) mass is 693 g/mol. The van der Waals surface area contributed by atoms with E-state index in [1.807, 2.05) is 36.4 Å². The van der Waals surface area contributed by atoms with Gasteiger partial charge in [-0.25, -0.2) is 4.79 Å². The molecule has 2 aromatic rings. The van der Waals surface area contributed by atoms with Crippen LogP contribution < -0.4 is 18.9 Å². The quantitative estimate of drug-likeness (QED) is 0.0821. The average molecular weight is 694 g/mol. The zero-order valence-corrected chi connectivity index (χ0v) is 30.1. The van der Waals surface area contributed by atoms with E-state index < -0.39 is 24.0 Å². The third-order valence-corrected chi connectivity index (χ3v) is 9.44. The van der Waals surface area contributed by atoms with Crippen molar-refractivity contribution in [3.63, 3.8) is 0 Å². The van der Waals surface area contributed by atoms with Gasteiger partial charge < -0.3 is 38.1 Å². The van der Waals surface area contributed by atoms with Gasteiger partial charge in [0.2, 0.25) is 11.7 Å². The molecule has 274 valence electrons. The lowest BCUT2D eigenvalue weighted by Crippen LogP contribution is -2.52. The number of rotatable bonds is 20. The molecule has 1 aliphatic carbocycles. The fraction of sp³-hybridized carbons (Fsp3) is 0.550. The molecule has 10 nitrogen and oxygen atoms in total. The van der Waals surface area contributed by atoms with Gasteiger partial charge in [0.1, 0.15) is 24.5 Å². The third kappa shape index (κ3) is 10.7. The summed E-state index contributed by atoms with van der Waals surface area (Å²) >= 11 is 0. The molecule has 3 atom stereocenters. The number of benzene rings is 2. The molecule has 1 saturated carbocycles. The lowest BCUT2D eigenvalue weighted by atomic mass is 9.75. The minimum Gasteiger partial charge on any atom is -0.497 e. The number of piperidine rings is 1. The van der Waals surface area contributed by atoms with Gasteiger partial charge in [0, 0.05) is 13.0 Å². The standard InChI is InChI=1S/C40H55NO9/c1-6-13-33(28-48-27-29-17-19-32(44-3)20-18-29)50-40(43)34-16-11-12-21-41(34)39(42)37(30-14-9-8-10-15-30)31-25-35(45-4)38(46-5)36(26-31)49-24-23-47-22-7-2/h6-7,17-20,25-26,30,33-34,37H,1-2,8-16,21-24,27-28H2,3-5H3/t33-,34-,37-/m0/s1. The summed E-state index contributed by atoms with van der Waals surface area (Å²) in [5.74, 6) is 1.34. The fourth-order valence-corrected chi connectivity index (χ4v) is 6.93. The van der Waals surface area contributed by atoms with Crippen molar-refractivity contribution in [2.75, 3.05) is 54.3 Å². The van der Waals surface area contributed by atoms with Gasteiger partial charge in [-0.15, -0.1) is 13.2 Å². The Morgan fingerprint density at radius 1 is 0.860 bits per heavy atom. The van der Waals surface area contributed by atoms with Crippen LogP contribution in [-0.4, -0.2) is 83.2 Å². The second kappa shape index (κ2) is 20.6. The van der Waals surface area contributed by atoms with E-state index in [0.717, 1.165) is 61.8 Å². The molecule has 0 radical (unpaired) electrons. The Morgan fingerprint density at radius 2 is 1.60 bits per heavy atom. The van der Waals surface area contributed by atoms with Crippen LogP contribution in [-0.2, 0) is 30.4 Å². The topological polar surface area (TPSA) is 102 Å². The fourth-order valence-electron chi connectivity index (χ4n) is 6.93. The summed E-state index contributed by atoms with van der Waals surface area (Å²) in [5.41, 5.74) is 1.77. The van der Waals surface area contributed by atoms with Crippen molar-refractivity contribution in [1.82, 2.24) is 4.90 Å². The number of carbonyl (C=O) groups excluding carboxylic acids is 2. The molecule has 10 heteroatoms. The summed E-state index contributed by atoms with van der Waals surface area (Å²) in [4.78, 5) is 30.5. The Balaban J connectivity index is 1.54. The highest BCUT2D eigenvalue weighted by molar-refractivity contribution is 5.89. The number of methoxy groups -OCH3 is 3. The predicted octanol–water partition coefficient (Wildman–Crippen LogP) is 7.04. The molecule has 50 heavy (non-hydrogen) atoms. The van der Waals surface area contributed by atoms with Crippen molar-refractivity contribution in [3.8, 4) is 23.0 Å². The first kappa shape index (κ1) is 38.8. The zero-order valence-electron chi connectivity index (χ0n) is 30.1. The number of amides is 1. The average Bonchev–Trinajstić information content (AvgIpc) is 3.15. The first-order valence-corrected chi connectivity index (χ1v) is 17.8. The Bertz CT molecular complexity index is 1370. The SMILES string of the molecule is C=CCOCCOc1cc([C@@H](C(=O)N2CCCC[C@H]2C(=O)O[C@@H](CC=C)COCc2ccc(OC)cc2)C2CCCCC2)cc(OC)c1OC. The minimum atomic E-state index is -0.686. The molecule has 1 aliphatic heterocycles. The predicted molar refractivity (Wildman–Crippen MR) is 192 cm³/mol. The van der Waals surface area contributed by atoms with Crippen LogP contribution in [0.25, 0.3) is 0 Å². The van der Waals surface area contributed by atoms with Gasteiger partial charge in [0.25, 0.3) is 0 Å². The smallest absolute Gasteiger partial charge is 0.329 e. The summed E-state index contributed by atoms with van der Waals surface area (Å²) in [5, 5.41) is 0. The molecule has 4 rings (SSSR count). The van der Waals surface area contributed by atoms with Gasteiger partial charge in [-0.3, -0.25) is 4.79 Å². The largest absolute Gasteiger partial charge is 0.497 e. The molecule has 1 saturated heterocycles. The van der Waals surface area contributed by atoms with Gasteiger partial charge >= 0.3 is 5.97 Å². The van der Waals surface area contributed by atoms with Crippen molar-refractivity contribution in [1.29, 1.82) is 0 Å². The summed E-state index contributed by atoms with van der Waals surface area (Å²) in [7, 11) is 4.77. The lowest BCUT2D eigenvalue weighted by molar-refractivity contribution is -0.164. The van der Waals surface area contributed by atoms with Crippen LogP contribution in [0.2, 0.25) is 0 Å². The summed E-state index contributed by atoms with van der Waals surface area (Å²) in [6.45, 7) is 9.68. The van der Waals surface area contributed by atoms with Crippen molar-refractivity contribution in [3.05, 3.63) is 72.8 Å². The van der Waals surface area contributed by atoms with Gasteiger partial charge in [-0.1, -0.05) is 43.5 Å². The van der Waals surface area contributed by atoms with E-state index in [0.29, 0.717) is 56.5 Å². The minimum absolute atomic E-state index is 0.0675. The Hall–Kier alpha value is -4.02. The van der Waals surface area contributed by atoms with E-state index in [4.69, 9.17) is 33.2 Å². The van der Waals surface area contributed by atoms with Gasteiger partial charge in [0.05, 0.1) is 53.7 Å². The maximum atomic E-state index is 14.8. The highest BCUT2D eigenvalue weighted by Crippen LogP contribution is 2.45. The maximum Gasteiger partial charge on any atom is 0.329 e. The van der Waals surface area contributed by atoms with E-state index in [1.54, 1.807) is 38.4 Å². The van der Waals surface area contributed by atoms with Crippen LogP contribution in [0, 0.1) is 5.92 Å². The normalized spacial score (nSPS) is 17.7. The molecule has 0 spiro atoms. The van der Waals surface area contributed by atoms with Crippen molar-refractivity contribution < 1.29 is 42.7 Å². The Morgan fingerprint density at radius 3 is 2.28 bits per heavy atom. The number of likely N-dealkylation sites (tertiary alicyclic amines) is 1. The molecule has 1 heterocycles. The van der Waals surface area contributed by atoms with Crippen molar-refractivity contribution in [2.45, 2.75) is 82.5 Å². The molecular weight excluding hydrogens is 638 g/mol. The molecule has 1 amide bonds. The van der Waals surface area contributed by atoms with Crippen molar-refractivity contribution >= 4 is 11.9 Å². The summed E-state index contributed by atoms with van der Waals surface area (Å²) < 4.78 is 40.3. The maximum absolute atomic E-state index is 14.8. The van der Waals surface area contributed by atoms with Crippen LogP contribution in [0.15, 0.2) is 61.7 Å². The third-order valence-electron chi connectivity index (χ3n) is 9.44. The first-order chi connectivity index (χ1) is 24.4. The van der Waals surface area contributed by atoms with E-state index in [1.165, 1.54) is 0 Å². The number of hydrogen-bond acceptors (Lipinski definition) is 9. The molecule has 2 fully saturated rings. The van der Waals surface area contributed by atoms with E-state index in [2.05, 4.69) is 13.2 Å². The highest BCUT2D eigenvalue weighted by Gasteiger charge is 2.41. The molecular formula is C40H55NO9. The Labute approximate surface area is 297 Å². The molecule has 0 bridgehead atoms. The van der Waals surface area contributed by atoms with Crippen LogP contribution in [0.3, 0.4) is 0 Å². The van der Waals surface area contributed by atoms with E-state index in [-0.39, 0.29) is 25.0 Å². The summed E-state index contributed by atoms with van der Waals surface area (Å²) in [6, 6.07) is 10.7. The molecule has 0 unspecified atom stereocenters. The van der Waals surface area contributed by atoms with Crippen LogP contribution >= 0.6 is 0 Å². The first-order valence-electron chi connectivity index (χ1n) is 17.8. The molecule has 0 aromatic heterocycles. The number of carbonyl (C=O) groups is 2. The summed E-state index contributed by atoms with van der Waals surface area (Å²) in [6.07, 6.45) is 10.6.